The molecule has 0 radical (unpaired) electrons. The molecule has 0 spiro atoms. The number of ether oxygens (including phenoxy) is 1. The molecule has 140 valence electrons. The molecule has 0 aliphatic rings. The molecule has 0 unspecified atom stereocenters. The van der Waals surface area contributed by atoms with E-state index >= 15 is 0 Å². The molecular weight excluding hydrogens is 386 g/mol. The van der Waals surface area contributed by atoms with Crippen LogP contribution in [0.4, 0.5) is 5.69 Å². The molecule has 1 aromatic carbocycles. The van der Waals surface area contributed by atoms with E-state index in [1.807, 2.05) is 19.1 Å². The number of benzene rings is 1. The van der Waals surface area contributed by atoms with Gasteiger partial charge in [-0.25, -0.2) is 4.98 Å². The van der Waals surface area contributed by atoms with E-state index in [4.69, 9.17) is 16.3 Å². The van der Waals surface area contributed by atoms with Crippen LogP contribution in [0.2, 0.25) is 5.02 Å². The third kappa shape index (κ3) is 4.81. The third-order valence-electron chi connectivity index (χ3n) is 3.78. The molecule has 3 rings (SSSR count). The molecule has 27 heavy (non-hydrogen) atoms. The summed E-state index contributed by atoms with van der Waals surface area (Å²) >= 11 is 7.43. The fourth-order valence-corrected chi connectivity index (χ4v) is 3.50. The van der Waals surface area contributed by atoms with Crippen molar-refractivity contribution in [3.63, 3.8) is 0 Å². The molecule has 0 aliphatic carbocycles. The van der Waals surface area contributed by atoms with E-state index in [9.17, 15) is 9.59 Å². The lowest BCUT2D eigenvalue weighted by Crippen LogP contribution is -2.16. The van der Waals surface area contributed by atoms with E-state index in [1.165, 1.54) is 29.3 Å². The zero-order valence-electron chi connectivity index (χ0n) is 14.9. The largest absolute Gasteiger partial charge is 0.495 e. The van der Waals surface area contributed by atoms with Gasteiger partial charge in [-0.05, 0) is 36.8 Å². The van der Waals surface area contributed by atoms with Crippen LogP contribution < -0.4 is 15.6 Å². The molecule has 0 saturated carbocycles. The standard InChI is InChI=1S/C19H18ClN3O3S/c1-12-3-6-17-21-14(8-19(25)23(17)9-12)10-27-11-18(24)22-13-4-5-16(26-2)15(20)7-13/h3-9H,10-11H2,1-2H3,(H,22,24). The predicted octanol–water partition coefficient (Wildman–Crippen LogP) is 3.54. The number of amides is 1. The Morgan fingerprint density at radius 1 is 1.30 bits per heavy atom. The highest BCUT2D eigenvalue weighted by atomic mass is 35.5. The van der Waals surface area contributed by atoms with Crippen LogP contribution in [0.1, 0.15) is 11.3 Å². The molecule has 0 saturated heterocycles. The van der Waals surface area contributed by atoms with Crippen molar-refractivity contribution in [2.24, 2.45) is 0 Å². The fraction of sp³-hybridized carbons (Fsp3) is 0.211. The number of carbonyl (C=O) groups excluding carboxylic acids is 1. The number of nitrogens with zero attached hydrogens (tertiary/aromatic N) is 2. The number of halogens is 1. The Kier molecular flexibility index (Phi) is 6.03. The van der Waals surface area contributed by atoms with Gasteiger partial charge < -0.3 is 10.1 Å². The van der Waals surface area contributed by atoms with Gasteiger partial charge in [-0.3, -0.25) is 14.0 Å². The maximum Gasteiger partial charge on any atom is 0.258 e. The first kappa shape index (κ1) is 19.3. The van der Waals surface area contributed by atoms with Gasteiger partial charge in [-0.15, -0.1) is 11.8 Å². The number of aromatic nitrogens is 2. The van der Waals surface area contributed by atoms with Gasteiger partial charge >= 0.3 is 0 Å². The number of carbonyl (C=O) groups is 1. The highest BCUT2D eigenvalue weighted by Crippen LogP contribution is 2.27. The number of hydrogen-bond acceptors (Lipinski definition) is 5. The number of methoxy groups -OCH3 is 1. The van der Waals surface area contributed by atoms with E-state index in [0.717, 1.165) is 5.56 Å². The summed E-state index contributed by atoms with van der Waals surface area (Å²) < 4.78 is 6.60. The minimum atomic E-state index is -0.158. The molecular formula is C19H18ClN3O3S. The van der Waals surface area contributed by atoms with Gasteiger partial charge in [-0.2, -0.15) is 0 Å². The second-order valence-electron chi connectivity index (χ2n) is 5.91. The minimum Gasteiger partial charge on any atom is -0.495 e. The Morgan fingerprint density at radius 2 is 2.11 bits per heavy atom. The van der Waals surface area contributed by atoms with Crippen LogP contribution in [0.3, 0.4) is 0 Å². The highest BCUT2D eigenvalue weighted by Gasteiger charge is 2.08. The number of anilines is 1. The normalized spacial score (nSPS) is 10.8. The van der Waals surface area contributed by atoms with Gasteiger partial charge in [0.05, 0.1) is 23.6 Å². The number of rotatable bonds is 6. The van der Waals surface area contributed by atoms with E-state index in [1.54, 1.807) is 24.4 Å². The van der Waals surface area contributed by atoms with Crippen LogP contribution in [-0.4, -0.2) is 28.2 Å². The quantitative estimate of drug-likeness (QED) is 0.681. The number of aryl methyl sites for hydroxylation is 1. The second kappa shape index (κ2) is 8.45. The van der Waals surface area contributed by atoms with Gasteiger partial charge in [0.15, 0.2) is 0 Å². The average molecular weight is 404 g/mol. The van der Waals surface area contributed by atoms with Crippen LogP contribution in [0.15, 0.2) is 47.4 Å². The number of pyridine rings is 1. The lowest BCUT2D eigenvalue weighted by atomic mass is 10.3. The smallest absolute Gasteiger partial charge is 0.258 e. The molecule has 0 atom stereocenters. The van der Waals surface area contributed by atoms with Crippen molar-refractivity contribution in [1.82, 2.24) is 9.38 Å². The molecule has 0 bridgehead atoms. The minimum absolute atomic E-state index is 0.128. The SMILES string of the molecule is COc1ccc(NC(=O)CSCc2cc(=O)n3cc(C)ccc3n2)cc1Cl. The van der Waals surface area contributed by atoms with Crippen molar-refractivity contribution >= 4 is 40.6 Å². The fourth-order valence-electron chi connectivity index (χ4n) is 2.52. The molecule has 6 nitrogen and oxygen atoms in total. The van der Waals surface area contributed by atoms with Crippen LogP contribution in [0.5, 0.6) is 5.75 Å². The summed E-state index contributed by atoms with van der Waals surface area (Å²) in [6, 6.07) is 10.3. The Bertz CT molecular complexity index is 1050. The maximum absolute atomic E-state index is 12.2. The number of thioether (sulfide) groups is 1. The molecule has 8 heteroatoms. The Hall–Kier alpha value is -2.51. The molecule has 0 aliphatic heterocycles. The van der Waals surface area contributed by atoms with E-state index in [2.05, 4.69) is 10.3 Å². The Labute approximate surface area is 165 Å². The van der Waals surface area contributed by atoms with Crippen molar-refractivity contribution < 1.29 is 9.53 Å². The second-order valence-corrected chi connectivity index (χ2v) is 7.30. The monoisotopic (exact) mass is 403 g/mol. The zero-order valence-corrected chi connectivity index (χ0v) is 16.4. The topological polar surface area (TPSA) is 72.7 Å². The lowest BCUT2D eigenvalue weighted by Gasteiger charge is -2.08. The third-order valence-corrected chi connectivity index (χ3v) is 5.04. The highest BCUT2D eigenvalue weighted by molar-refractivity contribution is 7.99. The summed E-state index contributed by atoms with van der Waals surface area (Å²) in [5.41, 5.74) is 2.71. The van der Waals surface area contributed by atoms with Gasteiger partial charge in [0.1, 0.15) is 11.4 Å². The average Bonchev–Trinajstić information content (AvgIpc) is 2.62. The summed E-state index contributed by atoms with van der Waals surface area (Å²) in [4.78, 5) is 28.7. The summed E-state index contributed by atoms with van der Waals surface area (Å²) in [6.45, 7) is 1.92. The van der Waals surface area contributed by atoms with Crippen molar-refractivity contribution in [2.75, 3.05) is 18.2 Å². The van der Waals surface area contributed by atoms with Crippen LogP contribution in [0, 0.1) is 6.92 Å². The zero-order chi connectivity index (χ0) is 19.4. The summed E-state index contributed by atoms with van der Waals surface area (Å²) in [5.74, 6) is 1.09. The summed E-state index contributed by atoms with van der Waals surface area (Å²) in [6.07, 6.45) is 1.76. The van der Waals surface area contributed by atoms with Gasteiger partial charge in [0, 0.05) is 23.7 Å². The van der Waals surface area contributed by atoms with Crippen LogP contribution in [0.25, 0.3) is 5.65 Å². The Morgan fingerprint density at radius 3 is 2.85 bits per heavy atom. The van der Waals surface area contributed by atoms with E-state index in [-0.39, 0.29) is 17.2 Å². The number of nitrogens with one attached hydrogen (secondary N) is 1. The molecule has 3 aromatic rings. The van der Waals surface area contributed by atoms with Crippen molar-refractivity contribution in [3.8, 4) is 5.75 Å². The molecule has 2 heterocycles. The number of fused-ring (bicyclic) bond motifs is 1. The van der Waals surface area contributed by atoms with Crippen LogP contribution >= 0.6 is 23.4 Å². The summed E-state index contributed by atoms with van der Waals surface area (Å²) in [7, 11) is 1.53. The Balaban J connectivity index is 1.58. The summed E-state index contributed by atoms with van der Waals surface area (Å²) in [5, 5.41) is 3.21. The molecule has 1 N–H and O–H groups in total. The van der Waals surface area contributed by atoms with E-state index < -0.39 is 0 Å². The van der Waals surface area contributed by atoms with Crippen molar-refractivity contribution in [3.05, 3.63) is 69.2 Å². The maximum atomic E-state index is 12.2. The molecule has 0 fully saturated rings. The van der Waals surface area contributed by atoms with Crippen molar-refractivity contribution in [1.29, 1.82) is 0 Å². The van der Waals surface area contributed by atoms with Crippen molar-refractivity contribution in [2.45, 2.75) is 12.7 Å². The van der Waals surface area contributed by atoms with E-state index in [0.29, 0.717) is 33.6 Å². The first-order chi connectivity index (χ1) is 13.0. The first-order valence-electron chi connectivity index (χ1n) is 8.16. The predicted molar refractivity (Wildman–Crippen MR) is 109 cm³/mol. The first-order valence-corrected chi connectivity index (χ1v) is 9.69. The number of hydrogen-bond donors (Lipinski definition) is 1. The van der Waals surface area contributed by atoms with Crippen LogP contribution in [-0.2, 0) is 10.5 Å². The lowest BCUT2D eigenvalue weighted by molar-refractivity contribution is -0.113. The molecule has 2 aromatic heterocycles. The van der Waals surface area contributed by atoms with Gasteiger partial charge in [0.2, 0.25) is 5.91 Å². The molecule has 1 amide bonds. The van der Waals surface area contributed by atoms with Gasteiger partial charge in [-0.1, -0.05) is 17.7 Å². The van der Waals surface area contributed by atoms with Gasteiger partial charge in [0.25, 0.3) is 5.56 Å².